The molecule has 2 N–H and O–H groups in total. The third-order valence-corrected chi connectivity index (χ3v) is 2.43. The van der Waals surface area contributed by atoms with Crippen molar-refractivity contribution >= 4 is 5.91 Å². The summed E-state index contributed by atoms with van der Waals surface area (Å²) >= 11 is 0. The van der Waals surface area contributed by atoms with E-state index >= 15 is 0 Å². The predicted octanol–water partition coefficient (Wildman–Crippen LogP) is 0.591. The lowest BCUT2D eigenvalue weighted by Gasteiger charge is -2.39. The molecule has 3 nitrogen and oxygen atoms in total. The van der Waals surface area contributed by atoms with E-state index < -0.39 is 18.5 Å². The molecule has 0 spiro atoms. The normalized spacial score (nSPS) is 19.8. The van der Waals surface area contributed by atoms with Gasteiger partial charge in [0.1, 0.15) is 0 Å². The van der Waals surface area contributed by atoms with Crippen molar-refractivity contribution in [1.29, 1.82) is 0 Å². The van der Waals surface area contributed by atoms with Crippen LogP contribution in [-0.2, 0) is 4.79 Å². The maximum absolute atomic E-state index is 11.9. The Balaban J connectivity index is 2.46. The highest BCUT2D eigenvalue weighted by molar-refractivity contribution is 5.86. The zero-order valence-corrected chi connectivity index (χ0v) is 7.59. The van der Waals surface area contributed by atoms with Gasteiger partial charge in [-0.2, -0.15) is 0 Å². The van der Waals surface area contributed by atoms with Gasteiger partial charge in [-0.3, -0.25) is 4.79 Å². The van der Waals surface area contributed by atoms with Gasteiger partial charge in [-0.15, -0.1) is 0 Å². The van der Waals surface area contributed by atoms with E-state index in [1.165, 1.54) is 7.05 Å². The van der Waals surface area contributed by atoms with Gasteiger partial charge in [-0.1, -0.05) is 0 Å². The van der Waals surface area contributed by atoms with Crippen LogP contribution in [0, 0.1) is 0 Å². The number of carbonyl (C=O) groups excluding carboxylic acids is 1. The largest absolute Gasteiger partial charge is 0.338 e. The van der Waals surface area contributed by atoms with E-state index in [9.17, 15) is 13.6 Å². The monoisotopic (exact) mass is 192 g/mol. The summed E-state index contributed by atoms with van der Waals surface area (Å²) in [5.41, 5.74) is 4.83. The van der Waals surface area contributed by atoms with Crippen LogP contribution in [0.3, 0.4) is 0 Å². The van der Waals surface area contributed by atoms with Gasteiger partial charge in [0.05, 0.1) is 12.1 Å². The molecule has 1 fully saturated rings. The van der Waals surface area contributed by atoms with Crippen LogP contribution < -0.4 is 5.73 Å². The SMILES string of the molecule is CN(CC(F)F)C(=O)C1(N)CCC1. The number of likely N-dealkylation sites (N-methyl/N-ethyl adjacent to an activating group) is 1. The molecule has 1 rings (SSSR count). The molecule has 0 aromatic carbocycles. The Hall–Kier alpha value is -0.710. The molecule has 1 aliphatic carbocycles. The van der Waals surface area contributed by atoms with E-state index in [4.69, 9.17) is 5.73 Å². The summed E-state index contributed by atoms with van der Waals surface area (Å²) < 4.78 is 23.8. The number of nitrogens with zero attached hydrogens (tertiary/aromatic N) is 1. The molecule has 0 heterocycles. The summed E-state index contributed by atoms with van der Waals surface area (Å²) in [7, 11) is 1.36. The Morgan fingerprint density at radius 2 is 2.15 bits per heavy atom. The molecule has 1 amide bonds. The number of hydrogen-bond acceptors (Lipinski definition) is 2. The third-order valence-electron chi connectivity index (χ3n) is 2.43. The summed E-state index contributed by atoms with van der Waals surface area (Å²) in [6, 6.07) is 0. The molecule has 0 radical (unpaired) electrons. The van der Waals surface area contributed by atoms with Crippen LogP contribution in [0.1, 0.15) is 19.3 Å². The van der Waals surface area contributed by atoms with Gasteiger partial charge in [0.25, 0.3) is 6.43 Å². The second kappa shape index (κ2) is 3.57. The summed E-state index contributed by atoms with van der Waals surface area (Å²) in [6.07, 6.45) is -0.360. The molecule has 0 saturated heterocycles. The van der Waals surface area contributed by atoms with Crippen molar-refractivity contribution in [3.8, 4) is 0 Å². The standard InChI is InChI=1S/C8H14F2N2O/c1-12(5-6(9)10)7(13)8(11)3-2-4-8/h6H,2-5,11H2,1H3. The molecule has 0 aliphatic heterocycles. The number of carbonyl (C=O) groups is 1. The van der Waals surface area contributed by atoms with Gasteiger partial charge in [-0.25, -0.2) is 8.78 Å². The van der Waals surface area contributed by atoms with E-state index in [2.05, 4.69) is 0 Å². The van der Waals surface area contributed by atoms with Gasteiger partial charge in [0.15, 0.2) is 0 Å². The third kappa shape index (κ3) is 2.15. The van der Waals surface area contributed by atoms with Crippen LogP contribution in [0.2, 0.25) is 0 Å². The molecule has 0 atom stereocenters. The molecule has 5 heteroatoms. The Kier molecular flexibility index (Phi) is 2.85. The van der Waals surface area contributed by atoms with Crippen molar-refractivity contribution in [3.63, 3.8) is 0 Å². The van der Waals surface area contributed by atoms with Gasteiger partial charge >= 0.3 is 0 Å². The second-order valence-electron chi connectivity index (χ2n) is 3.59. The smallest absolute Gasteiger partial charge is 0.255 e. The Morgan fingerprint density at radius 3 is 2.46 bits per heavy atom. The van der Waals surface area contributed by atoms with Crippen LogP contribution in [-0.4, -0.2) is 36.4 Å². The average molecular weight is 192 g/mol. The Morgan fingerprint density at radius 1 is 1.62 bits per heavy atom. The van der Waals surface area contributed by atoms with Crippen LogP contribution in [0.5, 0.6) is 0 Å². The average Bonchev–Trinajstić information content (AvgIpc) is 1.97. The minimum absolute atomic E-state index is 0.362. The van der Waals surface area contributed by atoms with Gasteiger partial charge in [0.2, 0.25) is 5.91 Å². The number of halogens is 2. The maximum atomic E-state index is 11.9. The van der Waals surface area contributed by atoms with Crippen molar-refractivity contribution in [3.05, 3.63) is 0 Å². The highest BCUT2D eigenvalue weighted by Gasteiger charge is 2.42. The van der Waals surface area contributed by atoms with Crippen molar-refractivity contribution in [2.75, 3.05) is 13.6 Å². The lowest BCUT2D eigenvalue weighted by molar-refractivity contribution is -0.140. The molecule has 0 aromatic rings. The minimum atomic E-state index is -2.49. The zero-order chi connectivity index (χ0) is 10.1. The molecule has 0 unspecified atom stereocenters. The topological polar surface area (TPSA) is 46.3 Å². The first kappa shape index (κ1) is 10.4. The summed E-state index contributed by atoms with van der Waals surface area (Å²) in [6.45, 7) is -0.530. The van der Waals surface area contributed by atoms with Crippen LogP contribution in [0.25, 0.3) is 0 Å². The first-order valence-electron chi connectivity index (χ1n) is 4.28. The number of rotatable bonds is 3. The minimum Gasteiger partial charge on any atom is -0.338 e. The van der Waals surface area contributed by atoms with Crippen molar-refractivity contribution < 1.29 is 13.6 Å². The van der Waals surface area contributed by atoms with E-state index in [1.807, 2.05) is 0 Å². The van der Waals surface area contributed by atoms with Crippen molar-refractivity contribution in [2.45, 2.75) is 31.2 Å². The highest BCUT2D eigenvalue weighted by atomic mass is 19.3. The quantitative estimate of drug-likeness (QED) is 0.711. The fraction of sp³-hybridized carbons (Fsp3) is 0.875. The highest BCUT2D eigenvalue weighted by Crippen LogP contribution is 2.30. The predicted molar refractivity (Wildman–Crippen MR) is 44.4 cm³/mol. The summed E-state index contributed by atoms with van der Waals surface area (Å²) in [4.78, 5) is 12.5. The molecule has 1 aliphatic rings. The molecule has 0 aromatic heterocycles. The van der Waals surface area contributed by atoms with Gasteiger partial charge in [0, 0.05) is 7.05 Å². The van der Waals surface area contributed by atoms with Crippen molar-refractivity contribution in [1.82, 2.24) is 4.90 Å². The van der Waals surface area contributed by atoms with Gasteiger partial charge < -0.3 is 10.6 Å². The molecular formula is C8H14F2N2O. The second-order valence-corrected chi connectivity index (χ2v) is 3.59. The van der Waals surface area contributed by atoms with Crippen LogP contribution >= 0.6 is 0 Å². The fourth-order valence-corrected chi connectivity index (χ4v) is 1.44. The lowest BCUT2D eigenvalue weighted by atomic mass is 9.77. The van der Waals surface area contributed by atoms with E-state index in [0.717, 1.165) is 11.3 Å². The molecule has 0 bridgehead atoms. The summed E-state index contributed by atoms with van der Waals surface area (Å²) in [5, 5.41) is 0. The van der Waals surface area contributed by atoms with E-state index in [-0.39, 0.29) is 5.91 Å². The van der Waals surface area contributed by atoms with Gasteiger partial charge in [-0.05, 0) is 19.3 Å². The molecule has 1 saturated carbocycles. The first-order valence-corrected chi connectivity index (χ1v) is 4.28. The molecule has 13 heavy (non-hydrogen) atoms. The molecule has 76 valence electrons. The van der Waals surface area contributed by atoms with E-state index in [1.54, 1.807) is 0 Å². The lowest BCUT2D eigenvalue weighted by Crippen LogP contribution is -2.59. The molecular weight excluding hydrogens is 178 g/mol. The van der Waals surface area contributed by atoms with Crippen LogP contribution in [0.15, 0.2) is 0 Å². The Bertz CT molecular complexity index is 204. The fourth-order valence-electron chi connectivity index (χ4n) is 1.44. The van der Waals surface area contributed by atoms with Crippen molar-refractivity contribution in [2.24, 2.45) is 5.73 Å². The number of nitrogens with two attached hydrogens (primary N) is 1. The maximum Gasteiger partial charge on any atom is 0.255 e. The Labute approximate surface area is 75.9 Å². The number of hydrogen-bond donors (Lipinski definition) is 1. The number of amides is 1. The number of alkyl halides is 2. The first-order chi connectivity index (χ1) is 5.96. The zero-order valence-electron chi connectivity index (χ0n) is 7.59. The van der Waals surface area contributed by atoms with E-state index in [0.29, 0.717) is 12.8 Å². The van der Waals surface area contributed by atoms with Crippen LogP contribution in [0.4, 0.5) is 8.78 Å². The summed E-state index contributed by atoms with van der Waals surface area (Å²) in [5.74, 6) is -0.362.